The van der Waals surface area contributed by atoms with Crippen molar-refractivity contribution in [2.75, 3.05) is 0 Å². The van der Waals surface area contributed by atoms with Crippen molar-refractivity contribution in [1.82, 2.24) is 0 Å². The summed E-state index contributed by atoms with van der Waals surface area (Å²) in [4.78, 5) is 16.5. The number of rotatable bonds is 6. The van der Waals surface area contributed by atoms with Crippen LogP contribution in [0.3, 0.4) is 0 Å². The van der Waals surface area contributed by atoms with Gasteiger partial charge in [0.25, 0.3) is 0 Å². The van der Waals surface area contributed by atoms with E-state index >= 15 is 0 Å². The maximum absolute atomic E-state index is 12.8. The van der Waals surface area contributed by atoms with E-state index in [-0.39, 0.29) is 22.8 Å². The van der Waals surface area contributed by atoms with Gasteiger partial charge in [-0.1, -0.05) is 48.6 Å². The third kappa shape index (κ3) is 4.52. The molecule has 4 rings (SSSR count). The van der Waals surface area contributed by atoms with Crippen molar-refractivity contribution in [3.8, 4) is 0 Å². The maximum atomic E-state index is 12.8. The average Bonchev–Trinajstić information content (AvgIpc) is 3.32. The van der Waals surface area contributed by atoms with Crippen LogP contribution in [0.25, 0.3) is 0 Å². The van der Waals surface area contributed by atoms with E-state index in [1.54, 1.807) is 0 Å². The third-order valence-electron chi connectivity index (χ3n) is 5.54. The van der Waals surface area contributed by atoms with Crippen LogP contribution in [0, 0.1) is 5.92 Å². The van der Waals surface area contributed by atoms with Crippen molar-refractivity contribution >= 4 is 16.9 Å². The second-order valence-electron chi connectivity index (χ2n) is 8.06. The highest BCUT2D eigenvalue weighted by atomic mass is 32.2. The minimum absolute atomic E-state index is 0.218. The monoisotopic (exact) mass is 415 g/mol. The number of ether oxygens (including phenoxy) is 1. The van der Waals surface area contributed by atoms with Gasteiger partial charge in [-0.2, -0.15) is 0 Å². The first-order valence-electron chi connectivity index (χ1n) is 10.4. The highest BCUT2D eigenvalue weighted by Gasteiger charge is 2.34. The maximum Gasteiger partial charge on any atom is 0.338 e. The molecule has 0 radical (unpaired) electrons. The van der Waals surface area contributed by atoms with Gasteiger partial charge in [-0.05, 0) is 75.2 Å². The second-order valence-corrected chi connectivity index (χ2v) is 10.1. The Hall–Kier alpha value is -2.78. The molecule has 3 heteroatoms. The summed E-state index contributed by atoms with van der Waals surface area (Å²) in [5.74, 6) is 0.0221. The lowest BCUT2D eigenvalue weighted by Crippen LogP contribution is -2.35. The summed E-state index contributed by atoms with van der Waals surface area (Å²) in [7, 11) is -0.218. The SMILES string of the molecule is CC(C)(OC(=O)c1ccc([S+](c2ccccc2)c2ccccc2)cc1)C1C=CCC1. The van der Waals surface area contributed by atoms with Gasteiger partial charge in [-0.3, -0.25) is 0 Å². The smallest absolute Gasteiger partial charge is 0.338 e. The molecule has 0 saturated carbocycles. The molecule has 0 fully saturated rings. The van der Waals surface area contributed by atoms with Gasteiger partial charge in [0, 0.05) is 5.92 Å². The molecule has 0 bridgehead atoms. The summed E-state index contributed by atoms with van der Waals surface area (Å²) in [6.07, 6.45) is 6.43. The van der Waals surface area contributed by atoms with E-state index < -0.39 is 5.60 Å². The Balaban J connectivity index is 1.58. The Morgan fingerprint density at radius 1 is 0.833 bits per heavy atom. The zero-order chi connectivity index (χ0) is 21.0. The number of carbonyl (C=O) groups is 1. The molecule has 1 atom stereocenters. The molecule has 0 heterocycles. The number of allylic oxidation sites excluding steroid dienone is 1. The van der Waals surface area contributed by atoms with Crippen LogP contribution < -0.4 is 0 Å². The molecule has 2 nitrogen and oxygen atoms in total. The average molecular weight is 416 g/mol. The topological polar surface area (TPSA) is 26.3 Å². The first-order valence-corrected chi connectivity index (χ1v) is 11.6. The van der Waals surface area contributed by atoms with Crippen LogP contribution in [0.5, 0.6) is 0 Å². The number of esters is 1. The van der Waals surface area contributed by atoms with Crippen LogP contribution in [0.2, 0.25) is 0 Å². The Morgan fingerprint density at radius 3 is 1.87 bits per heavy atom. The van der Waals surface area contributed by atoms with Gasteiger partial charge < -0.3 is 4.74 Å². The fraction of sp³-hybridized carbons (Fsp3) is 0.222. The minimum atomic E-state index is -0.499. The molecule has 3 aromatic carbocycles. The summed E-state index contributed by atoms with van der Waals surface area (Å²) in [5, 5.41) is 0. The van der Waals surface area contributed by atoms with Crippen molar-refractivity contribution in [2.45, 2.75) is 47.0 Å². The van der Waals surface area contributed by atoms with Gasteiger partial charge >= 0.3 is 5.97 Å². The van der Waals surface area contributed by atoms with Gasteiger partial charge in [-0.25, -0.2) is 4.79 Å². The van der Waals surface area contributed by atoms with Crippen molar-refractivity contribution in [3.63, 3.8) is 0 Å². The highest BCUT2D eigenvalue weighted by Crippen LogP contribution is 2.33. The Labute approximate surface area is 182 Å². The summed E-state index contributed by atoms with van der Waals surface area (Å²) >= 11 is 0. The van der Waals surface area contributed by atoms with E-state index in [0.717, 1.165) is 12.8 Å². The molecular weight excluding hydrogens is 388 g/mol. The zero-order valence-corrected chi connectivity index (χ0v) is 18.3. The molecule has 152 valence electrons. The third-order valence-corrected chi connectivity index (χ3v) is 7.78. The standard InChI is InChI=1S/C27H27O2S/c1-27(2,22-11-9-10-12-22)29-26(28)21-17-19-25(20-18-21)30(23-13-5-3-6-14-23)24-15-7-4-8-16-24/h3-9,11,13-20,22H,10,12H2,1-2H3/q+1. The van der Waals surface area contributed by atoms with Gasteiger partial charge in [0.2, 0.25) is 0 Å². The largest absolute Gasteiger partial charge is 0.455 e. The fourth-order valence-electron chi connectivity index (χ4n) is 3.83. The molecule has 1 aliphatic carbocycles. The van der Waals surface area contributed by atoms with E-state index in [9.17, 15) is 4.79 Å². The lowest BCUT2D eigenvalue weighted by Gasteiger charge is -2.30. The normalized spacial score (nSPS) is 16.0. The number of benzene rings is 3. The van der Waals surface area contributed by atoms with E-state index in [1.165, 1.54) is 14.7 Å². The van der Waals surface area contributed by atoms with E-state index in [0.29, 0.717) is 5.56 Å². The first-order chi connectivity index (χ1) is 14.5. The summed E-state index contributed by atoms with van der Waals surface area (Å²) in [5.41, 5.74) is 0.0969. The van der Waals surface area contributed by atoms with Crippen LogP contribution in [0.4, 0.5) is 0 Å². The van der Waals surface area contributed by atoms with Gasteiger partial charge in [0.15, 0.2) is 14.7 Å². The predicted octanol–water partition coefficient (Wildman–Crippen LogP) is 6.68. The summed E-state index contributed by atoms with van der Waals surface area (Å²) in [6.45, 7) is 4.00. The lowest BCUT2D eigenvalue weighted by molar-refractivity contribution is -0.0199. The van der Waals surface area contributed by atoms with E-state index in [1.807, 2.05) is 38.1 Å². The van der Waals surface area contributed by atoms with Crippen LogP contribution in [0.15, 0.2) is 112 Å². The van der Waals surface area contributed by atoms with Crippen molar-refractivity contribution in [3.05, 3.63) is 103 Å². The van der Waals surface area contributed by atoms with Gasteiger partial charge in [0.05, 0.1) is 16.5 Å². The highest BCUT2D eigenvalue weighted by molar-refractivity contribution is 7.97. The van der Waals surface area contributed by atoms with Crippen molar-refractivity contribution in [1.29, 1.82) is 0 Å². The van der Waals surface area contributed by atoms with Crippen molar-refractivity contribution in [2.24, 2.45) is 5.92 Å². The molecule has 30 heavy (non-hydrogen) atoms. The zero-order valence-electron chi connectivity index (χ0n) is 17.5. The Bertz CT molecular complexity index is 968. The van der Waals surface area contributed by atoms with Crippen LogP contribution >= 0.6 is 0 Å². The minimum Gasteiger partial charge on any atom is -0.455 e. The molecule has 0 N–H and O–H groups in total. The fourth-order valence-corrected chi connectivity index (χ4v) is 5.92. The van der Waals surface area contributed by atoms with Crippen LogP contribution in [0.1, 0.15) is 37.0 Å². The summed E-state index contributed by atoms with van der Waals surface area (Å²) in [6, 6.07) is 28.9. The number of carbonyl (C=O) groups excluding carboxylic acids is 1. The lowest BCUT2D eigenvalue weighted by atomic mass is 9.90. The molecule has 0 aliphatic heterocycles. The predicted molar refractivity (Wildman–Crippen MR) is 123 cm³/mol. The van der Waals surface area contributed by atoms with Crippen molar-refractivity contribution < 1.29 is 9.53 Å². The second kappa shape index (κ2) is 8.93. The van der Waals surface area contributed by atoms with E-state index in [2.05, 4.69) is 72.8 Å². The molecule has 1 unspecified atom stereocenters. The molecular formula is C27H27O2S+. The number of hydrogen-bond acceptors (Lipinski definition) is 2. The quantitative estimate of drug-likeness (QED) is 0.255. The molecule has 0 amide bonds. The van der Waals surface area contributed by atoms with Gasteiger partial charge in [-0.15, -0.1) is 0 Å². The van der Waals surface area contributed by atoms with Crippen LogP contribution in [-0.4, -0.2) is 11.6 Å². The molecule has 0 saturated heterocycles. The van der Waals surface area contributed by atoms with Crippen LogP contribution in [-0.2, 0) is 15.6 Å². The molecule has 0 aromatic heterocycles. The van der Waals surface area contributed by atoms with E-state index in [4.69, 9.17) is 4.74 Å². The number of hydrogen-bond donors (Lipinski definition) is 0. The van der Waals surface area contributed by atoms with Gasteiger partial charge in [0.1, 0.15) is 5.60 Å². The molecule has 1 aliphatic rings. The molecule has 3 aromatic rings. The molecule has 0 spiro atoms. The first kappa shape index (κ1) is 20.5. The summed E-state index contributed by atoms with van der Waals surface area (Å²) < 4.78 is 5.89. The Morgan fingerprint density at radius 2 is 1.37 bits per heavy atom. The Kier molecular flexibility index (Phi) is 6.10.